The molecule has 14 heavy (non-hydrogen) atoms. The quantitative estimate of drug-likeness (QED) is 0.623. The van der Waals surface area contributed by atoms with Gasteiger partial charge in [0.2, 0.25) is 0 Å². The van der Waals surface area contributed by atoms with Crippen molar-refractivity contribution in [2.24, 2.45) is 0 Å². The van der Waals surface area contributed by atoms with Crippen LogP contribution in [-0.4, -0.2) is 4.98 Å². The zero-order chi connectivity index (χ0) is 10.3. The van der Waals surface area contributed by atoms with Crippen LogP contribution in [0, 0.1) is 24.1 Å². The largest absolute Gasteiger partial charge is 0.397 e. The minimum atomic E-state index is -0.425. The number of rotatable bonds is 0. The van der Waals surface area contributed by atoms with Gasteiger partial charge in [0.15, 0.2) is 0 Å². The van der Waals surface area contributed by atoms with Gasteiger partial charge in [0.25, 0.3) is 0 Å². The number of hydrogen-bond donors (Lipinski definition) is 2. The Labute approximate surface area is 80.0 Å². The van der Waals surface area contributed by atoms with E-state index in [2.05, 4.69) is 4.98 Å². The molecule has 2 aromatic rings. The summed E-state index contributed by atoms with van der Waals surface area (Å²) in [5, 5.41) is 9.40. The maximum absolute atomic E-state index is 13.0. The van der Waals surface area contributed by atoms with Crippen molar-refractivity contribution >= 4 is 16.6 Å². The number of benzene rings is 1. The number of halogens is 1. The lowest BCUT2D eigenvalue weighted by atomic mass is 10.1. The number of anilines is 1. The number of nitrogens with two attached hydrogens (primary N) is 1. The summed E-state index contributed by atoms with van der Waals surface area (Å²) in [4.78, 5) is 2.96. The number of hydrogen-bond acceptors (Lipinski definition) is 2. The number of nitrogens with one attached hydrogen (secondary N) is 1. The highest BCUT2D eigenvalue weighted by Gasteiger charge is 2.11. The van der Waals surface area contributed by atoms with E-state index in [1.165, 1.54) is 12.1 Å². The van der Waals surface area contributed by atoms with Crippen LogP contribution in [0.25, 0.3) is 10.9 Å². The van der Waals surface area contributed by atoms with Crippen LogP contribution < -0.4 is 5.73 Å². The van der Waals surface area contributed by atoms with Gasteiger partial charge in [-0.15, -0.1) is 0 Å². The van der Waals surface area contributed by atoms with Crippen molar-refractivity contribution in [3.8, 4) is 6.07 Å². The fraction of sp³-hybridized carbons (Fsp3) is 0.100. The highest BCUT2D eigenvalue weighted by Crippen LogP contribution is 2.26. The Morgan fingerprint density at radius 1 is 1.50 bits per heavy atom. The maximum Gasteiger partial charge on any atom is 0.126 e. The van der Waals surface area contributed by atoms with E-state index in [1.54, 1.807) is 6.92 Å². The Hall–Kier alpha value is -2.02. The molecule has 0 saturated heterocycles. The van der Waals surface area contributed by atoms with Gasteiger partial charge >= 0.3 is 0 Å². The lowest BCUT2D eigenvalue weighted by Gasteiger charge is -1.96. The molecule has 0 radical (unpaired) electrons. The van der Waals surface area contributed by atoms with Crippen LogP contribution in [0.3, 0.4) is 0 Å². The van der Waals surface area contributed by atoms with Crippen LogP contribution in [0.15, 0.2) is 12.1 Å². The monoisotopic (exact) mass is 189 g/mol. The van der Waals surface area contributed by atoms with E-state index < -0.39 is 5.82 Å². The molecular weight excluding hydrogens is 181 g/mol. The van der Waals surface area contributed by atoms with Crippen molar-refractivity contribution in [3.05, 3.63) is 29.2 Å². The second kappa shape index (κ2) is 2.74. The molecule has 1 heterocycles. The van der Waals surface area contributed by atoms with Crippen LogP contribution in [0.5, 0.6) is 0 Å². The molecule has 0 amide bonds. The van der Waals surface area contributed by atoms with Crippen LogP contribution in [-0.2, 0) is 0 Å². The summed E-state index contributed by atoms with van der Waals surface area (Å²) >= 11 is 0. The molecule has 0 saturated carbocycles. The summed E-state index contributed by atoms with van der Waals surface area (Å²) in [6.45, 7) is 1.76. The summed E-state index contributed by atoms with van der Waals surface area (Å²) in [6, 6.07) is 4.57. The molecule has 0 aliphatic rings. The van der Waals surface area contributed by atoms with Gasteiger partial charge in [-0.25, -0.2) is 4.39 Å². The third kappa shape index (κ3) is 1.03. The fourth-order valence-electron chi connectivity index (χ4n) is 1.56. The number of nitrogen functional groups attached to an aromatic ring is 1. The first-order chi connectivity index (χ1) is 6.63. The normalized spacial score (nSPS) is 10.4. The van der Waals surface area contributed by atoms with Crippen molar-refractivity contribution < 1.29 is 4.39 Å². The molecule has 3 N–H and O–H groups in total. The summed E-state index contributed by atoms with van der Waals surface area (Å²) < 4.78 is 13.0. The number of nitriles is 1. The lowest BCUT2D eigenvalue weighted by molar-refractivity contribution is 0.630. The number of H-pyrrole nitrogens is 1. The molecule has 0 fully saturated rings. The zero-order valence-electron chi connectivity index (χ0n) is 7.56. The first kappa shape index (κ1) is 8.57. The molecule has 70 valence electrons. The first-order valence-electron chi connectivity index (χ1n) is 4.11. The van der Waals surface area contributed by atoms with Crippen LogP contribution in [0.2, 0.25) is 0 Å². The lowest BCUT2D eigenvalue weighted by Crippen LogP contribution is -1.88. The van der Waals surface area contributed by atoms with Gasteiger partial charge in [0, 0.05) is 11.1 Å². The molecule has 0 spiro atoms. The van der Waals surface area contributed by atoms with Gasteiger partial charge in [-0.05, 0) is 19.1 Å². The molecule has 2 rings (SSSR count). The van der Waals surface area contributed by atoms with Crippen LogP contribution in [0.1, 0.15) is 11.3 Å². The Morgan fingerprint density at radius 2 is 2.21 bits per heavy atom. The highest BCUT2D eigenvalue weighted by molar-refractivity contribution is 5.95. The molecule has 4 heteroatoms. The fourth-order valence-corrected chi connectivity index (χ4v) is 1.56. The van der Waals surface area contributed by atoms with E-state index >= 15 is 0 Å². The van der Waals surface area contributed by atoms with Gasteiger partial charge in [0.1, 0.15) is 11.9 Å². The van der Waals surface area contributed by atoms with Crippen molar-refractivity contribution in [2.75, 3.05) is 5.73 Å². The smallest absolute Gasteiger partial charge is 0.126 e. The first-order valence-corrected chi connectivity index (χ1v) is 4.11. The zero-order valence-corrected chi connectivity index (χ0v) is 7.56. The van der Waals surface area contributed by atoms with Gasteiger partial charge in [-0.3, -0.25) is 0 Å². The minimum absolute atomic E-state index is 0.324. The van der Waals surface area contributed by atoms with E-state index in [4.69, 9.17) is 11.0 Å². The van der Waals surface area contributed by atoms with E-state index in [0.717, 1.165) is 0 Å². The molecular formula is C10H8FN3. The molecule has 0 unspecified atom stereocenters. The number of aryl methyl sites for hydroxylation is 1. The van der Waals surface area contributed by atoms with Gasteiger partial charge in [0.05, 0.1) is 16.8 Å². The van der Waals surface area contributed by atoms with Crippen molar-refractivity contribution in [3.63, 3.8) is 0 Å². The van der Waals surface area contributed by atoms with Crippen molar-refractivity contribution in [1.29, 1.82) is 5.26 Å². The SMILES string of the molecule is Cc1[nH]c2c(N)cc(F)cc2c1C#N. The minimum Gasteiger partial charge on any atom is -0.397 e. The highest BCUT2D eigenvalue weighted by atomic mass is 19.1. The van der Waals surface area contributed by atoms with E-state index in [9.17, 15) is 4.39 Å². The molecule has 1 aromatic carbocycles. The van der Waals surface area contributed by atoms with Crippen molar-refractivity contribution in [2.45, 2.75) is 6.92 Å². The van der Waals surface area contributed by atoms with Crippen LogP contribution in [0.4, 0.5) is 10.1 Å². The Bertz CT molecular complexity index is 548. The van der Waals surface area contributed by atoms with Crippen LogP contribution >= 0.6 is 0 Å². The van der Waals surface area contributed by atoms with Gasteiger partial charge in [-0.2, -0.15) is 5.26 Å². The summed E-state index contributed by atoms with van der Waals surface area (Å²) in [5.41, 5.74) is 7.72. The second-order valence-electron chi connectivity index (χ2n) is 3.15. The maximum atomic E-state index is 13.0. The molecule has 3 nitrogen and oxygen atoms in total. The molecule has 1 aromatic heterocycles. The average Bonchev–Trinajstić information content (AvgIpc) is 2.41. The Balaban J connectivity index is 2.97. The molecule has 0 aliphatic carbocycles. The average molecular weight is 189 g/mol. The molecule has 0 aliphatic heterocycles. The second-order valence-corrected chi connectivity index (χ2v) is 3.15. The summed E-state index contributed by atoms with van der Waals surface area (Å²) in [7, 11) is 0. The van der Waals surface area contributed by atoms with Gasteiger partial charge in [-0.1, -0.05) is 0 Å². The topological polar surface area (TPSA) is 65.6 Å². The predicted octanol–water partition coefficient (Wildman–Crippen LogP) is 2.07. The van der Waals surface area contributed by atoms with Gasteiger partial charge < -0.3 is 10.7 Å². The summed E-state index contributed by atoms with van der Waals surface area (Å²) in [5.74, 6) is -0.425. The predicted molar refractivity (Wildman–Crippen MR) is 52.1 cm³/mol. The standard InChI is InChI=1S/C10H8FN3/c1-5-8(4-12)7-2-6(11)3-9(13)10(7)14-5/h2-3,14H,13H2,1H3. The van der Waals surface area contributed by atoms with E-state index in [1.807, 2.05) is 6.07 Å². The number of aromatic nitrogens is 1. The Kier molecular flexibility index (Phi) is 1.68. The third-order valence-electron chi connectivity index (χ3n) is 2.20. The number of fused-ring (bicyclic) bond motifs is 1. The van der Waals surface area contributed by atoms with E-state index in [-0.39, 0.29) is 0 Å². The van der Waals surface area contributed by atoms with Crippen molar-refractivity contribution in [1.82, 2.24) is 4.98 Å². The summed E-state index contributed by atoms with van der Waals surface area (Å²) in [6.07, 6.45) is 0. The third-order valence-corrected chi connectivity index (χ3v) is 2.20. The van der Waals surface area contributed by atoms with E-state index in [0.29, 0.717) is 27.8 Å². The Morgan fingerprint density at radius 3 is 2.86 bits per heavy atom. The molecule has 0 bridgehead atoms. The number of aromatic amines is 1. The molecule has 0 atom stereocenters. The number of nitrogens with zero attached hydrogens (tertiary/aromatic N) is 1.